The smallest absolute Gasteiger partial charge is 0.262 e. The first-order valence-corrected chi connectivity index (χ1v) is 9.77. The number of aromatic nitrogens is 2. The number of imidazole rings is 1. The molecular weight excluding hydrogens is 348 g/mol. The van der Waals surface area contributed by atoms with Crippen LogP contribution in [0.2, 0.25) is 5.02 Å². The van der Waals surface area contributed by atoms with E-state index in [1.165, 1.54) is 4.31 Å². The van der Waals surface area contributed by atoms with Crippen molar-refractivity contribution in [1.82, 2.24) is 19.2 Å². The first kappa shape index (κ1) is 17.4. The number of halogens is 1. The van der Waals surface area contributed by atoms with Crippen LogP contribution in [0.4, 0.5) is 0 Å². The number of piperazine rings is 1. The summed E-state index contributed by atoms with van der Waals surface area (Å²) in [5.74, 6) is 0.695. The van der Waals surface area contributed by atoms with Gasteiger partial charge < -0.3 is 9.88 Å². The van der Waals surface area contributed by atoms with Crippen molar-refractivity contribution < 1.29 is 8.42 Å². The van der Waals surface area contributed by atoms with Crippen LogP contribution < -0.4 is 5.32 Å². The Balaban J connectivity index is 2.02. The van der Waals surface area contributed by atoms with Gasteiger partial charge >= 0.3 is 0 Å². The molecule has 0 saturated carbocycles. The molecule has 0 aliphatic carbocycles. The van der Waals surface area contributed by atoms with E-state index >= 15 is 0 Å². The molecule has 1 fully saturated rings. The number of hydrogen-bond acceptors (Lipinski definition) is 4. The molecule has 1 unspecified atom stereocenters. The molecule has 1 atom stereocenters. The van der Waals surface area contributed by atoms with Gasteiger partial charge in [0.15, 0.2) is 5.03 Å². The van der Waals surface area contributed by atoms with Gasteiger partial charge in [-0.3, -0.25) is 0 Å². The molecule has 1 aliphatic rings. The van der Waals surface area contributed by atoms with E-state index in [1.807, 2.05) is 36.6 Å². The molecule has 1 aromatic carbocycles. The highest BCUT2D eigenvalue weighted by atomic mass is 35.5. The fourth-order valence-corrected chi connectivity index (χ4v) is 4.89. The summed E-state index contributed by atoms with van der Waals surface area (Å²) in [5.41, 5.74) is 0.807. The van der Waals surface area contributed by atoms with Crippen LogP contribution >= 0.6 is 11.6 Å². The van der Waals surface area contributed by atoms with Crippen molar-refractivity contribution in [3.8, 4) is 0 Å². The highest BCUT2D eigenvalue weighted by molar-refractivity contribution is 7.89. The van der Waals surface area contributed by atoms with E-state index in [-0.39, 0.29) is 11.1 Å². The minimum absolute atomic E-state index is 0.0980. The summed E-state index contributed by atoms with van der Waals surface area (Å²) >= 11 is 6.30. The molecule has 1 N–H and O–H groups in total. The third-order valence-electron chi connectivity index (χ3n) is 4.33. The lowest BCUT2D eigenvalue weighted by molar-refractivity contribution is 0.271. The van der Waals surface area contributed by atoms with Crippen LogP contribution in [0.3, 0.4) is 0 Å². The van der Waals surface area contributed by atoms with Crippen LogP contribution in [0.15, 0.2) is 35.5 Å². The van der Waals surface area contributed by atoms with Gasteiger partial charge in [-0.15, -0.1) is 0 Å². The predicted octanol–water partition coefficient (Wildman–Crippen LogP) is 2.20. The monoisotopic (exact) mass is 368 g/mol. The van der Waals surface area contributed by atoms with Gasteiger partial charge in [0.25, 0.3) is 10.0 Å². The predicted molar refractivity (Wildman–Crippen MR) is 93.6 cm³/mol. The van der Waals surface area contributed by atoms with Gasteiger partial charge in [0, 0.05) is 37.4 Å². The number of hydrogen-bond donors (Lipinski definition) is 1. The van der Waals surface area contributed by atoms with Crippen molar-refractivity contribution >= 4 is 21.6 Å². The van der Waals surface area contributed by atoms with Crippen molar-refractivity contribution in [3.05, 3.63) is 46.9 Å². The Kier molecular flexibility index (Phi) is 4.96. The van der Waals surface area contributed by atoms with Gasteiger partial charge in [-0.05, 0) is 25.5 Å². The Morgan fingerprint density at radius 1 is 1.38 bits per heavy atom. The number of rotatable bonds is 4. The molecule has 130 valence electrons. The summed E-state index contributed by atoms with van der Waals surface area (Å²) in [7, 11) is -3.69. The van der Waals surface area contributed by atoms with Crippen molar-refractivity contribution in [2.45, 2.75) is 31.5 Å². The normalized spacial score (nSPS) is 19.5. The first-order chi connectivity index (χ1) is 11.4. The number of nitrogens with one attached hydrogen (secondary N) is 1. The van der Waals surface area contributed by atoms with E-state index in [0.717, 1.165) is 5.56 Å². The van der Waals surface area contributed by atoms with Gasteiger partial charge in [0.2, 0.25) is 0 Å². The van der Waals surface area contributed by atoms with E-state index in [1.54, 1.807) is 12.3 Å². The lowest BCUT2D eigenvalue weighted by Gasteiger charge is -2.35. The Morgan fingerprint density at radius 3 is 2.79 bits per heavy atom. The second-order valence-electron chi connectivity index (χ2n) is 5.77. The molecule has 0 radical (unpaired) electrons. The lowest BCUT2D eigenvalue weighted by Crippen LogP contribution is -2.48. The van der Waals surface area contributed by atoms with Crippen LogP contribution in [0.5, 0.6) is 0 Å². The maximum absolute atomic E-state index is 13.1. The summed E-state index contributed by atoms with van der Waals surface area (Å²) in [4.78, 5) is 4.26. The molecule has 24 heavy (non-hydrogen) atoms. The fourth-order valence-electron chi connectivity index (χ4n) is 3.03. The van der Waals surface area contributed by atoms with Gasteiger partial charge in [-0.25, -0.2) is 13.4 Å². The molecule has 1 aromatic heterocycles. The van der Waals surface area contributed by atoms with E-state index in [0.29, 0.717) is 37.0 Å². The third-order valence-corrected chi connectivity index (χ3v) is 6.45. The summed E-state index contributed by atoms with van der Waals surface area (Å²) in [5, 5.41) is 3.92. The maximum Gasteiger partial charge on any atom is 0.262 e. The molecule has 1 aliphatic heterocycles. The molecule has 8 heteroatoms. The SMILES string of the molecule is CCn1cc(S(=O)(=O)N2CCNCC2c2ccccc2Cl)nc1C. The first-order valence-electron chi connectivity index (χ1n) is 7.96. The molecule has 6 nitrogen and oxygen atoms in total. The van der Waals surface area contributed by atoms with Crippen molar-refractivity contribution in [1.29, 1.82) is 0 Å². The standard InChI is InChI=1S/C16H21ClN4O2S/c1-3-20-11-16(19-12(20)2)24(22,23)21-9-8-18-10-15(21)13-6-4-5-7-14(13)17/h4-7,11,15,18H,3,8-10H2,1-2H3. The highest BCUT2D eigenvalue weighted by Gasteiger charge is 2.36. The molecule has 0 spiro atoms. The Hall–Kier alpha value is -1.41. The molecule has 2 heterocycles. The number of aryl methyl sites for hydroxylation is 2. The van der Waals surface area contributed by atoms with E-state index in [2.05, 4.69) is 10.3 Å². The van der Waals surface area contributed by atoms with Crippen molar-refractivity contribution in [2.24, 2.45) is 0 Å². The van der Waals surface area contributed by atoms with Gasteiger partial charge in [0.1, 0.15) is 5.82 Å². The maximum atomic E-state index is 13.1. The summed E-state index contributed by atoms with van der Waals surface area (Å²) < 4.78 is 29.6. The van der Waals surface area contributed by atoms with E-state index in [4.69, 9.17) is 11.6 Å². The minimum atomic E-state index is -3.69. The van der Waals surface area contributed by atoms with E-state index in [9.17, 15) is 8.42 Å². The average Bonchev–Trinajstić information content (AvgIpc) is 2.97. The van der Waals surface area contributed by atoms with Crippen LogP contribution in [0.1, 0.15) is 24.4 Å². The third kappa shape index (κ3) is 3.09. The molecule has 0 amide bonds. The van der Waals surface area contributed by atoms with E-state index < -0.39 is 10.0 Å². The molecule has 0 bridgehead atoms. The average molecular weight is 369 g/mol. The van der Waals surface area contributed by atoms with Gasteiger partial charge in [-0.2, -0.15) is 4.31 Å². The summed E-state index contributed by atoms with van der Waals surface area (Å²) in [6.45, 7) is 5.97. The summed E-state index contributed by atoms with van der Waals surface area (Å²) in [6.07, 6.45) is 1.61. The van der Waals surface area contributed by atoms with Crippen LogP contribution in [-0.2, 0) is 16.6 Å². The second kappa shape index (κ2) is 6.84. The largest absolute Gasteiger partial charge is 0.334 e. The Morgan fingerprint density at radius 2 is 2.12 bits per heavy atom. The fraction of sp³-hybridized carbons (Fsp3) is 0.438. The molecule has 1 saturated heterocycles. The number of sulfonamides is 1. The zero-order valence-electron chi connectivity index (χ0n) is 13.7. The topological polar surface area (TPSA) is 67.2 Å². The van der Waals surface area contributed by atoms with Crippen molar-refractivity contribution in [2.75, 3.05) is 19.6 Å². The Bertz CT molecular complexity index is 834. The zero-order valence-corrected chi connectivity index (χ0v) is 15.3. The quantitative estimate of drug-likeness (QED) is 0.898. The number of benzene rings is 1. The van der Waals surface area contributed by atoms with Crippen LogP contribution in [0, 0.1) is 6.92 Å². The number of nitrogens with zero attached hydrogens (tertiary/aromatic N) is 3. The Labute approximate surface area is 147 Å². The van der Waals surface area contributed by atoms with Crippen LogP contribution in [0.25, 0.3) is 0 Å². The minimum Gasteiger partial charge on any atom is -0.334 e. The highest BCUT2D eigenvalue weighted by Crippen LogP contribution is 2.32. The van der Waals surface area contributed by atoms with Crippen molar-refractivity contribution in [3.63, 3.8) is 0 Å². The second-order valence-corrected chi connectivity index (χ2v) is 8.01. The van der Waals surface area contributed by atoms with Crippen LogP contribution in [-0.4, -0.2) is 41.9 Å². The molecule has 2 aromatic rings. The molecular formula is C16H21ClN4O2S. The van der Waals surface area contributed by atoms with Gasteiger partial charge in [0.05, 0.1) is 6.04 Å². The zero-order chi connectivity index (χ0) is 17.3. The summed E-state index contributed by atoms with van der Waals surface area (Å²) in [6, 6.07) is 7.03. The lowest BCUT2D eigenvalue weighted by atomic mass is 10.1. The molecule has 3 rings (SSSR count). The van der Waals surface area contributed by atoms with Gasteiger partial charge in [-0.1, -0.05) is 29.8 Å².